The molecule has 0 saturated carbocycles. The zero-order valence-electron chi connectivity index (χ0n) is 4.85. The molecule has 0 aromatic heterocycles. The van der Waals surface area contributed by atoms with E-state index >= 15 is 0 Å². The third kappa shape index (κ3) is 5.48. The largest absolute Gasteiger partial charge is 0.103 e. The van der Waals surface area contributed by atoms with Gasteiger partial charge in [0.1, 0.15) is 0 Å². The van der Waals surface area contributed by atoms with Gasteiger partial charge in [0.2, 0.25) is 0 Å². The van der Waals surface area contributed by atoms with Crippen LogP contribution in [0.4, 0.5) is 0 Å². The second kappa shape index (κ2) is 5.48. The predicted molar refractivity (Wildman–Crippen MR) is 34.2 cm³/mol. The molecule has 7 heavy (non-hydrogen) atoms. The fourth-order valence-electron chi connectivity index (χ4n) is 0.167. The number of rotatable bonds is 0. The van der Waals surface area contributed by atoms with Crippen LogP contribution >= 0.6 is 0 Å². The first kappa shape index (κ1) is 6.48. The first-order valence-electron chi connectivity index (χ1n) is 2.64. The smallest absolute Gasteiger partial charge is 0.0316 e. The highest BCUT2D eigenvalue weighted by Gasteiger charge is 1.81. The van der Waals surface area contributed by atoms with E-state index in [0.717, 1.165) is 0 Å². The van der Waals surface area contributed by atoms with Crippen LogP contribution in [0.1, 0.15) is 19.8 Å². The highest BCUT2D eigenvalue weighted by atomic mass is 13.9. The molecule has 0 amide bonds. The summed E-state index contributed by atoms with van der Waals surface area (Å²) >= 11 is 0. The highest BCUT2D eigenvalue weighted by Crippen LogP contribution is 2.01. The van der Waals surface area contributed by atoms with Gasteiger partial charge in [0, 0.05) is 0 Å². The molecule has 0 aliphatic heterocycles. The molecule has 1 rings (SSSR count). The fraction of sp³-hybridized carbons (Fsp3) is 0.429. The molecule has 0 saturated heterocycles. The summed E-state index contributed by atoms with van der Waals surface area (Å²) in [6, 6.07) is 0. The summed E-state index contributed by atoms with van der Waals surface area (Å²) in [5, 5.41) is 0. The van der Waals surface area contributed by atoms with Crippen LogP contribution < -0.4 is 0 Å². The van der Waals surface area contributed by atoms with Gasteiger partial charge in [0.15, 0.2) is 0 Å². The fourth-order valence-corrected chi connectivity index (χ4v) is 0.167. The van der Waals surface area contributed by atoms with E-state index in [1.165, 1.54) is 12.8 Å². The molecule has 0 heteroatoms. The molecule has 1 aliphatic carbocycles. The number of hydrogen-bond donors (Lipinski definition) is 0. The van der Waals surface area contributed by atoms with Gasteiger partial charge in [-0.1, -0.05) is 18.2 Å². The van der Waals surface area contributed by atoms with Crippen LogP contribution in [-0.4, -0.2) is 0 Å². The summed E-state index contributed by atoms with van der Waals surface area (Å²) in [4.78, 5) is 0. The highest BCUT2D eigenvalue weighted by molar-refractivity contribution is 4.92. The molecule has 0 aromatic rings. The Balaban J connectivity index is 0.000000110. The van der Waals surface area contributed by atoms with Crippen molar-refractivity contribution in [3.05, 3.63) is 24.8 Å². The predicted octanol–water partition coefficient (Wildman–Crippen LogP) is 2.53. The SMILES string of the molecule is C1=CCC1.C=CC. The van der Waals surface area contributed by atoms with Crippen LogP contribution in [0.5, 0.6) is 0 Å². The van der Waals surface area contributed by atoms with Crippen molar-refractivity contribution in [1.29, 1.82) is 0 Å². The normalized spacial score (nSPS) is 13.3. The minimum atomic E-state index is 1.32. The lowest BCUT2D eigenvalue weighted by Crippen LogP contribution is -1.71. The van der Waals surface area contributed by atoms with Gasteiger partial charge in [-0.3, -0.25) is 0 Å². The molecule has 0 aromatic carbocycles. The van der Waals surface area contributed by atoms with Crippen LogP contribution in [0.25, 0.3) is 0 Å². The first-order valence-corrected chi connectivity index (χ1v) is 2.64. The second-order valence-electron chi connectivity index (χ2n) is 1.46. The lowest BCUT2D eigenvalue weighted by Gasteiger charge is -1.92. The lowest BCUT2D eigenvalue weighted by molar-refractivity contribution is 0.962. The van der Waals surface area contributed by atoms with Crippen LogP contribution in [0.2, 0.25) is 0 Å². The van der Waals surface area contributed by atoms with Crippen molar-refractivity contribution in [1.82, 2.24) is 0 Å². The van der Waals surface area contributed by atoms with E-state index in [4.69, 9.17) is 0 Å². The van der Waals surface area contributed by atoms with E-state index < -0.39 is 0 Å². The minimum absolute atomic E-state index is 1.32. The van der Waals surface area contributed by atoms with Crippen molar-refractivity contribution in [2.45, 2.75) is 19.8 Å². The standard InChI is InChI=1S/C4H6.C3H6/c1-2-4-3-1;1-3-2/h1-2H,3-4H2;3H,1H2,2H3. The Labute approximate surface area is 45.5 Å². The molecule has 0 spiro atoms. The number of allylic oxidation sites excluding steroid dienone is 3. The molecule has 0 radical (unpaired) electrons. The maximum Gasteiger partial charge on any atom is -0.0316 e. The van der Waals surface area contributed by atoms with Gasteiger partial charge in [-0.25, -0.2) is 0 Å². The maximum atomic E-state index is 3.36. The Hall–Kier alpha value is -0.520. The van der Waals surface area contributed by atoms with E-state index in [0.29, 0.717) is 0 Å². The third-order valence-corrected chi connectivity index (χ3v) is 0.667. The summed E-state index contributed by atoms with van der Waals surface area (Å²) in [7, 11) is 0. The molecule has 0 unspecified atom stereocenters. The van der Waals surface area contributed by atoms with E-state index in [1.54, 1.807) is 6.08 Å². The van der Waals surface area contributed by atoms with Gasteiger partial charge in [0.25, 0.3) is 0 Å². The first-order chi connectivity index (χ1) is 3.41. The van der Waals surface area contributed by atoms with E-state index in [2.05, 4.69) is 18.7 Å². The molecule has 1 aliphatic rings. The molecule has 0 bridgehead atoms. The van der Waals surface area contributed by atoms with Gasteiger partial charge in [-0.2, -0.15) is 0 Å². The molecular formula is C7H12. The Morgan fingerprint density at radius 1 is 1.43 bits per heavy atom. The summed E-state index contributed by atoms with van der Waals surface area (Å²) in [6.45, 7) is 5.25. The zero-order chi connectivity index (χ0) is 5.54. The molecule has 40 valence electrons. The van der Waals surface area contributed by atoms with Crippen molar-refractivity contribution < 1.29 is 0 Å². The Morgan fingerprint density at radius 3 is 1.57 bits per heavy atom. The molecule has 0 N–H and O–H groups in total. The third-order valence-electron chi connectivity index (χ3n) is 0.667. The second-order valence-corrected chi connectivity index (χ2v) is 1.46. The summed E-state index contributed by atoms with van der Waals surface area (Å²) < 4.78 is 0. The quantitative estimate of drug-likeness (QED) is 0.406. The Bertz CT molecular complexity index is 54.4. The van der Waals surface area contributed by atoms with Gasteiger partial charge in [0.05, 0.1) is 0 Å². The van der Waals surface area contributed by atoms with Crippen LogP contribution in [0.3, 0.4) is 0 Å². The van der Waals surface area contributed by atoms with E-state index in [1.807, 2.05) is 6.92 Å². The van der Waals surface area contributed by atoms with Gasteiger partial charge < -0.3 is 0 Å². The molecule has 0 fully saturated rings. The zero-order valence-corrected chi connectivity index (χ0v) is 4.85. The Kier molecular flexibility index (Phi) is 5.07. The lowest BCUT2D eigenvalue weighted by atomic mass is 10.1. The van der Waals surface area contributed by atoms with Crippen molar-refractivity contribution in [3.8, 4) is 0 Å². The Morgan fingerprint density at radius 2 is 1.57 bits per heavy atom. The average Bonchev–Trinajstić information content (AvgIpc) is 1.27. The monoisotopic (exact) mass is 96.1 g/mol. The molecular weight excluding hydrogens is 84.1 g/mol. The van der Waals surface area contributed by atoms with E-state index in [9.17, 15) is 0 Å². The van der Waals surface area contributed by atoms with E-state index in [-0.39, 0.29) is 0 Å². The van der Waals surface area contributed by atoms with Crippen molar-refractivity contribution >= 4 is 0 Å². The average molecular weight is 96.2 g/mol. The summed E-state index contributed by atoms with van der Waals surface area (Å²) in [5.74, 6) is 0. The van der Waals surface area contributed by atoms with Crippen LogP contribution in [-0.2, 0) is 0 Å². The van der Waals surface area contributed by atoms with Crippen molar-refractivity contribution in [2.24, 2.45) is 0 Å². The van der Waals surface area contributed by atoms with Crippen molar-refractivity contribution in [3.63, 3.8) is 0 Å². The van der Waals surface area contributed by atoms with Gasteiger partial charge in [-0.15, -0.1) is 6.58 Å². The number of hydrogen-bond acceptors (Lipinski definition) is 0. The van der Waals surface area contributed by atoms with Crippen LogP contribution in [0.15, 0.2) is 24.8 Å². The summed E-state index contributed by atoms with van der Waals surface area (Å²) in [6.07, 6.45) is 8.75. The van der Waals surface area contributed by atoms with Gasteiger partial charge >= 0.3 is 0 Å². The van der Waals surface area contributed by atoms with Crippen molar-refractivity contribution in [2.75, 3.05) is 0 Å². The van der Waals surface area contributed by atoms with Gasteiger partial charge in [-0.05, 0) is 19.8 Å². The maximum absolute atomic E-state index is 3.36. The molecule has 0 nitrogen and oxygen atoms in total. The van der Waals surface area contributed by atoms with Crippen LogP contribution in [0, 0.1) is 0 Å². The summed E-state index contributed by atoms with van der Waals surface area (Å²) in [5.41, 5.74) is 0. The topological polar surface area (TPSA) is 0 Å². The molecule has 0 atom stereocenters. The minimum Gasteiger partial charge on any atom is -0.103 e. The molecule has 0 heterocycles.